The summed E-state index contributed by atoms with van der Waals surface area (Å²) in [6.45, 7) is 14.3. The molecule has 0 N–H and O–H groups in total. The molecule has 0 bridgehead atoms. The van der Waals surface area contributed by atoms with Crippen LogP contribution >= 0.6 is 0 Å². The average Bonchev–Trinajstić information content (AvgIpc) is 3.62. The Balaban J connectivity index is 1.42. The molecule has 55 heavy (non-hydrogen) atoms. The number of halogens is 4. The number of rotatable bonds is 12. The van der Waals surface area contributed by atoms with Gasteiger partial charge < -0.3 is 19.1 Å². The van der Waals surface area contributed by atoms with E-state index in [-0.39, 0.29) is 53.0 Å². The normalized spacial score (nSPS) is 22.5. The predicted octanol–water partition coefficient (Wildman–Crippen LogP) is 9.18. The van der Waals surface area contributed by atoms with Gasteiger partial charge in [0.25, 0.3) is 0 Å². The summed E-state index contributed by atoms with van der Waals surface area (Å²) in [6, 6.07) is 5.82. The third-order valence-electron chi connectivity index (χ3n) is 12.3. The number of alkyl halides is 2. The first kappa shape index (κ1) is 39.2. The van der Waals surface area contributed by atoms with Gasteiger partial charge in [0.1, 0.15) is 55.6 Å². The molecule has 0 spiro atoms. The summed E-state index contributed by atoms with van der Waals surface area (Å²) in [5.41, 5.74) is 4.30. The zero-order chi connectivity index (χ0) is 39.4. The van der Waals surface area contributed by atoms with Crippen LogP contribution in [0.4, 0.5) is 23.4 Å². The molecule has 8 nitrogen and oxygen atoms in total. The van der Waals surface area contributed by atoms with Crippen LogP contribution in [0.25, 0.3) is 32.9 Å². The summed E-state index contributed by atoms with van der Waals surface area (Å²) in [5, 5.41) is 1.25. The number of anilines is 1. The third-order valence-corrected chi connectivity index (χ3v) is 18.6. The minimum absolute atomic E-state index is 0.0693. The quantitative estimate of drug-likeness (QED) is 0.0611. The van der Waals surface area contributed by atoms with E-state index in [2.05, 4.69) is 72.9 Å². The van der Waals surface area contributed by atoms with Crippen LogP contribution in [-0.4, -0.2) is 92.5 Å². The van der Waals surface area contributed by atoms with Gasteiger partial charge in [-0.15, -0.1) is 5.54 Å². The minimum atomic E-state index is -2.30. The summed E-state index contributed by atoms with van der Waals surface area (Å²) in [6.07, 6.45) is 1.81. The first-order valence-corrected chi connectivity index (χ1v) is 21.6. The van der Waals surface area contributed by atoms with E-state index in [1.165, 1.54) is 19.4 Å². The number of benzene rings is 2. The lowest BCUT2D eigenvalue weighted by atomic mass is 9.95. The Morgan fingerprint density at radius 1 is 1.04 bits per heavy atom. The molecule has 3 aliphatic rings. The van der Waals surface area contributed by atoms with Crippen LogP contribution in [-0.2, 0) is 4.74 Å². The van der Waals surface area contributed by atoms with Crippen molar-refractivity contribution in [2.45, 2.75) is 108 Å². The first-order chi connectivity index (χ1) is 26.2. The maximum Gasteiger partial charge on any atom is 0.319 e. The van der Waals surface area contributed by atoms with Crippen molar-refractivity contribution in [2.24, 2.45) is 0 Å². The summed E-state index contributed by atoms with van der Waals surface area (Å²) in [7, 11) is 0.901. The zero-order valence-corrected chi connectivity index (χ0v) is 34.0. The van der Waals surface area contributed by atoms with Gasteiger partial charge in [-0.05, 0) is 59.6 Å². The van der Waals surface area contributed by atoms with E-state index < -0.39 is 43.6 Å². The maximum atomic E-state index is 17.4. The molecule has 13 heteroatoms. The number of methoxy groups -OCH3 is 1. The second-order valence-corrected chi connectivity index (χ2v) is 22.1. The number of hydrogen-bond acceptors (Lipinski definition) is 8. The van der Waals surface area contributed by atoms with Crippen molar-refractivity contribution in [3.63, 3.8) is 0 Å². The Morgan fingerprint density at radius 2 is 1.76 bits per heavy atom. The molecule has 4 heterocycles. The number of aromatic nitrogens is 3. The molecule has 1 saturated carbocycles. The molecule has 4 aromatic rings. The van der Waals surface area contributed by atoms with E-state index in [0.29, 0.717) is 52.5 Å². The van der Waals surface area contributed by atoms with E-state index in [9.17, 15) is 8.78 Å². The largest absolute Gasteiger partial charge is 0.468 e. The molecular formula is C42H51F4N5O3Si. The van der Waals surface area contributed by atoms with Gasteiger partial charge in [0.05, 0.1) is 22.5 Å². The number of hydrogen-bond donors (Lipinski definition) is 0. The van der Waals surface area contributed by atoms with Crippen LogP contribution in [0.1, 0.15) is 72.8 Å². The smallest absolute Gasteiger partial charge is 0.319 e. The van der Waals surface area contributed by atoms with Gasteiger partial charge in [-0.25, -0.2) is 17.6 Å². The van der Waals surface area contributed by atoms with E-state index in [0.717, 1.165) is 19.4 Å². The zero-order valence-electron chi connectivity index (χ0n) is 33.0. The SMILES string of the molecule is COCOc1cc(-c2ncc3c(N(C)[C@H]4C[C@H]4F)nc(OC[C@@]45CCCN4C[C@H](F)C5)nc3c2F)c2c(C#C[Si](C(C)C)(C(C)C)C(C)C)c(F)ccc2c1. The number of fused-ring (bicyclic) bond motifs is 3. The van der Waals surface area contributed by atoms with Crippen molar-refractivity contribution < 1.29 is 31.8 Å². The van der Waals surface area contributed by atoms with E-state index in [1.807, 2.05) is 0 Å². The molecule has 2 saturated heterocycles. The summed E-state index contributed by atoms with van der Waals surface area (Å²) in [4.78, 5) is 17.7. The van der Waals surface area contributed by atoms with Gasteiger partial charge in [-0.1, -0.05) is 53.5 Å². The highest BCUT2D eigenvalue weighted by molar-refractivity contribution is 6.90. The monoisotopic (exact) mass is 777 g/mol. The van der Waals surface area contributed by atoms with Crippen LogP contribution in [0.5, 0.6) is 11.8 Å². The van der Waals surface area contributed by atoms with Crippen molar-refractivity contribution in [3.8, 4) is 34.5 Å². The van der Waals surface area contributed by atoms with Gasteiger partial charge in [-0.3, -0.25) is 9.88 Å². The highest BCUT2D eigenvalue weighted by atomic mass is 28.3. The Labute approximate surface area is 322 Å². The van der Waals surface area contributed by atoms with Crippen molar-refractivity contribution in [3.05, 3.63) is 47.7 Å². The Morgan fingerprint density at radius 3 is 2.44 bits per heavy atom. The van der Waals surface area contributed by atoms with E-state index >= 15 is 8.78 Å². The molecule has 2 aliphatic heterocycles. The van der Waals surface area contributed by atoms with Crippen molar-refractivity contribution in [1.29, 1.82) is 0 Å². The van der Waals surface area contributed by atoms with Gasteiger partial charge in [-0.2, -0.15) is 9.97 Å². The van der Waals surface area contributed by atoms with Crippen molar-refractivity contribution in [1.82, 2.24) is 19.9 Å². The molecule has 294 valence electrons. The van der Waals surface area contributed by atoms with E-state index in [1.54, 1.807) is 30.1 Å². The molecule has 4 atom stereocenters. The first-order valence-electron chi connectivity index (χ1n) is 19.4. The lowest BCUT2D eigenvalue weighted by Gasteiger charge is -2.38. The lowest BCUT2D eigenvalue weighted by molar-refractivity contribution is 0.0512. The summed E-state index contributed by atoms with van der Waals surface area (Å²) < 4.78 is 79.8. The molecule has 3 fully saturated rings. The lowest BCUT2D eigenvalue weighted by Crippen LogP contribution is -2.43. The summed E-state index contributed by atoms with van der Waals surface area (Å²) >= 11 is 0. The van der Waals surface area contributed by atoms with Crippen molar-refractivity contribution >= 4 is 35.6 Å². The van der Waals surface area contributed by atoms with Crippen LogP contribution in [0.15, 0.2) is 30.5 Å². The van der Waals surface area contributed by atoms with Crippen LogP contribution in [0.2, 0.25) is 16.6 Å². The molecule has 2 aromatic carbocycles. The Hall–Kier alpha value is -3.99. The molecule has 7 rings (SSSR count). The van der Waals surface area contributed by atoms with E-state index in [4.69, 9.17) is 14.2 Å². The number of nitrogens with zero attached hydrogens (tertiary/aromatic N) is 5. The van der Waals surface area contributed by atoms with Crippen LogP contribution < -0.4 is 14.4 Å². The Kier molecular flexibility index (Phi) is 10.8. The van der Waals surface area contributed by atoms with Crippen molar-refractivity contribution in [2.75, 3.05) is 45.5 Å². The molecular weight excluding hydrogens is 727 g/mol. The van der Waals surface area contributed by atoms with Gasteiger partial charge in [0.2, 0.25) is 0 Å². The highest BCUT2D eigenvalue weighted by Gasteiger charge is 2.49. The second-order valence-electron chi connectivity index (χ2n) is 16.5. The number of pyridine rings is 1. The predicted molar refractivity (Wildman–Crippen MR) is 211 cm³/mol. The molecule has 0 unspecified atom stereocenters. The fourth-order valence-corrected chi connectivity index (χ4v) is 14.6. The molecule has 0 radical (unpaired) electrons. The fourth-order valence-electron chi connectivity index (χ4n) is 9.44. The number of ether oxygens (including phenoxy) is 3. The fraction of sp³-hybridized carbons (Fsp3) is 0.548. The standard InChI is InChI=1S/C42H51F4N5O3Si/c1-24(2)55(25(3)4,26(5)6)15-12-30-33(44)11-10-27-16-29(54-23-52-8)17-31(36(27)30)38-37(46)39-32(20-47-38)40(50(7)35-18-34(35)45)49-41(48-39)53-22-42-13-9-14-51(42)21-28(43)19-42/h10-11,16-17,20,24-26,28,34-35H,9,13-14,18-19,21-23H2,1-8H3/t28-,34-,35+,42+/m1/s1. The third kappa shape index (κ3) is 7.03. The van der Waals surface area contributed by atoms with Crippen LogP contribution in [0, 0.1) is 23.1 Å². The van der Waals surface area contributed by atoms with Gasteiger partial charge >= 0.3 is 6.01 Å². The topological polar surface area (TPSA) is 72.8 Å². The Bertz CT molecular complexity index is 2140. The average molecular weight is 778 g/mol. The molecule has 1 aliphatic carbocycles. The van der Waals surface area contributed by atoms with Crippen LogP contribution in [0.3, 0.4) is 0 Å². The molecule has 0 amide bonds. The van der Waals surface area contributed by atoms with Gasteiger partial charge in [0, 0.05) is 50.7 Å². The second kappa shape index (κ2) is 15.2. The summed E-state index contributed by atoms with van der Waals surface area (Å²) in [5.74, 6) is 2.62. The molecule has 2 aromatic heterocycles. The maximum absolute atomic E-state index is 17.4. The van der Waals surface area contributed by atoms with Gasteiger partial charge in [0.15, 0.2) is 12.6 Å². The highest BCUT2D eigenvalue weighted by Crippen LogP contribution is 2.44. The minimum Gasteiger partial charge on any atom is -0.468 e.